The summed E-state index contributed by atoms with van der Waals surface area (Å²) < 4.78 is 13.3. The Labute approximate surface area is 206 Å². The third-order valence-electron chi connectivity index (χ3n) is 6.27. The third-order valence-corrected chi connectivity index (χ3v) is 6.27. The summed E-state index contributed by atoms with van der Waals surface area (Å²) in [5, 5.41) is 12.2. The molecule has 1 aromatic carbocycles. The van der Waals surface area contributed by atoms with E-state index in [4.69, 9.17) is 9.47 Å². The molecule has 1 amide bonds. The monoisotopic (exact) mass is 478 g/mol. The van der Waals surface area contributed by atoms with Crippen LogP contribution in [0.2, 0.25) is 0 Å². The van der Waals surface area contributed by atoms with Gasteiger partial charge in [-0.1, -0.05) is 26.0 Å². The van der Waals surface area contributed by atoms with Crippen LogP contribution in [0.4, 0.5) is 0 Å². The van der Waals surface area contributed by atoms with E-state index in [2.05, 4.69) is 49.9 Å². The fourth-order valence-corrected chi connectivity index (χ4v) is 4.56. The van der Waals surface area contributed by atoms with Crippen molar-refractivity contribution in [2.75, 3.05) is 27.3 Å². The molecule has 3 heterocycles. The van der Waals surface area contributed by atoms with E-state index in [1.165, 1.54) is 0 Å². The maximum absolute atomic E-state index is 12.9. The Balaban J connectivity index is 1.51. The van der Waals surface area contributed by atoms with Gasteiger partial charge in [-0.05, 0) is 30.5 Å². The summed E-state index contributed by atoms with van der Waals surface area (Å²) in [7, 11) is 3.33. The van der Waals surface area contributed by atoms with E-state index in [9.17, 15) is 4.79 Å². The minimum Gasteiger partial charge on any atom is -0.493 e. The molecule has 0 bridgehead atoms. The predicted octanol–water partition coefficient (Wildman–Crippen LogP) is 3.27. The molecule has 1 aliphatic heterocycles. The number of pyridine rings is 1. The van der Waals surface area contributed by atoms with E-state index in [0.29, 0.717) is 11.5 Å². The van der Waals surface area contributed by atoms with Crippen molar-refractivity contribution in [3.63, 3.8) is 0 Å². The van der Waals surface area contributed by atoms with Gasteiger partial charge in [-0.25, -0.2) is 0 Å². The summed E-state index contributed by atoms with van der Waals surface area (Å²) in [4.78, 5) is 19.4. The summed E-state index contributed by atoms with van der Waals surface area (Å²) >= 11 is 0. The molecule has 3 aromatic rings. The van der Waals surface area contributed by atoms with E-state index in [1.807, 2.05) is 12.1 Å². The van der Waals surface area contributed by atoms with Gasteiger partial charge >= 0.3 is 0 Å². The van der Waals surface area contributed by atoms with Gasteiger partial charge in [0, 0.05) is 50.6 Å². The number of hydrogen-bond donors (Lipinski definition) is 1. The number of ether oxygens (including phenoxy) is 2. The van der Waals surface area contributed by atoms with Crippen molar-refractivity contribution in [1.82, 2.24) is 30.0 Å². The minimum atomic E-state index is -0.228. The van der Waals surface area contributed by atoms with Crippen LogP contribution in [0.25, 0.3) is 0 Å². The Bertz CT molecular complexity index is 1130. The standard InChI is InChI=1S/C26H34N6O3/c1-18(2)15-21(28-26(33)19-8-6-11-27-16-19)25-30-29-23-10-12-31(13-14-32(23)25)17-20-7-5-9-22(34-3)24(20)35-4/h5-9,11,16,18,21H,10,12-15,17H2,1-4H3,(H,28,33)/t21-/m1/s1. The highest BCUT2D eigenvalue weighted by atomic mass is 16.5. The lowest BCUT2D eigenvalue weighted by atomic mass is 10.0. The number of carbonyl (C=O) groups excluding carboxylic acids is 1. The normalized spacial score (nSPS) is 14.8. The van der Waals surface area contributed by atoms with Crippen LogP contribution in [0.1, 0.15) is 53.9 Å². The number of nitrogens with zero attached hydrogens (tertiary/aromatic N) is 5. The van der Waals surface area contributed by atoms with Crippen molar-refractivity contribution >= 4 is 5.91 Å². The van der Waals surface area contributed by atoms with Gasteiger partial charge in [-0.15, -0.1) is 10.2 Å². The molecule has 4 rings (SSSR count). The van der Waals surface area contributed by atoms with E-state index in [-0.39, 0.29) is 11.9 Å². The van der Waals surface area contributed by atoms with Gasteiger partial charge in [-0.2, -0.15) is 0 Å². The number of hydrogen-bond acceptors (Lipinski definition) is 7. The summed E-state index contributed by atoms with van der Waals surface area (Å²) in [5.74, 6) is 3.50. The quantitative estimate of drug-likeness (QED) is 0.504. The van der Waals surface area contributed by atoms with E-state index in [0.717, 1.165) is 67.7 Å². The molecule has 0 aliphatic carbocycles. The molecule has 0 fully saturated rings. The second-order valence-corrected chi connectivity index (χ2v) is 9.20. The Morgan fingerprint density at radius 1 is 1.09 bits per heavy atom. The Morgan fingerprint density at radius 3 is 2.66 bits per heavy atom. The van der Waals surface area contributed by atoms with Crippen molar-refractivity contribution in [3.8, 4) is 11.5 Å². The number of methoxy groups -OCH3 is 2. The van der Waals surface area contributed by atoms with Gasteiger partial charge in [-0.3, -0.25) is 14.7 Å². The first-order valence-corrected chi connectivity index (χ1v) is 12.0. The van der Waals surface area contributed by atoms with Crippen LogP contribution in [-0.2, 0) is 19.5 Å². The number of amides is 1. The maximum atomic E-state index is 12.9. The van der Waals surface area contributed by atoms with Crippen molar-refractivity contribution in [2.45, 2.75) is 45.8 Å². The summed E-state index contributed by atoms with van der Waals surface area (Å²) in [6.45, 7) is 7.49. The molecule has 1 aliphatic rings. The average Bonchev–Trinajstić information content (AvgIpc) is 3.17. The highest BCUT2D eigenvalue weighted by molar-refractivity contribution is 5.94. The van der Waals surface area contributed by atoms with Crippen LogP contribution in [0.5, 0.6) is 11.5 Å². The predicted molar refractivity (Wildman–Crippen MR) is 132 cm³/mol. The number of carbonyl (C=O) groups is 1. The molecule has 35 heavy (non-hydrogen) atoms. The highest BCUT2D eigenvalue weighted by Crippen LogP contribution is 2.32. The number of fused-ring (bicyclic) bond motifs is 1. The van der Waals surface area contributed by atoms with Crippen molar-refractivity contribution < 1.29 is 14.3 Å². The summed E-state index contributed by atoms with van der Waals surface area (Å²) in [5.41, 5.74) is 1.63. The minimum absolute atomic E-state index is 0.151. The largest absolute Gasteiger partial charge is 0.493 e. The van der Waals surface area contributed by atoms with E-state index < -0.39 is 0 Å². The van der Waals surface area contributed by atoms with E-state index in [1.54, 1.807) is 38.7 Å². The highest BCUT2D eigenvalue weighted by Gasteiger charge is 2.27. The molecule has 0 unspecified atom stereocenters. The van der Waals surface area contributed by atoms with Crippen LogP contribution < -0.4 is 14.8 Å². The van der Waals surface area contributed by atoms with Crippen LogP contribution in [-0.4, -0.2) is 57.9 Å². The average molecular weight is 479 g/mol. The van der Waals surface area contributed by atoms with Gasteiger partial charge < -0.3 is 19.4 Å². The molecule has 2 aromatic heterocycles. The third kappa shape index (κ3) is 5.79. The number of para-hydroxylation sites is 1. The van der Waals surface area contributed by atoms with Gasteiger partial charge in [0.25, 0.3) is 5.91 Å². The first kappa shape index (κ1) is 24.7. The Hall–Kier alpha value is -3.46. The zero-order valence-corrected chi connectivity index (χ0v) is 20.9. The van der Waals surface area contributed by atoms with Gasteiger partial charge in [0.05, 0.1) is 25.8 Å². The summed E-state index contributed by atoms with van der Waals surface area (Å²) in [6.07, 6.45) is 4.80. The molecule has 0 saturated heterocycles. The smallest absolute Gasteiger partial charge is 0.253 e. The Kier molecular flexibility index (Phi) is 7.97. The van der Waals surface area contributed by atoms with Gasteiger partial charge in [0.15, 0.2) is 17.3 Å². The van der Waals surface area contributed by atoms with Crippen LogP contribution in [0.3, 0.4) is 0 Å². The molecular weight excluding hydrogens is 444 g/mol. The molecule has 0 spiro atoms. The topological polar surface area (TPSA) is 94.4 Å². The lowest BCUT2D eigenvalue weighted by Crippen LogP contribution is -2.32. The summed E-state index contributed by atoms with van der Waals surface area (Å²) in [6, 6.07) is 9.28. The molecule has 1 atom stereocenters. The molecule has 186 valence electrons. The fourth-order valence-electron chi connectivity index (χ4n) is 4.56. The molecule has 1 N–H and O–H groups in total. The first-order chi connectivity index (χ1) is 17.0. The van der Waals surface area contributed by atoms with Crippen LogP contribution in [0, 0.1) is 5.92 Å². The van der Waals surface area contributed by atoms with Gasteiger partial charge in [0.1, 0.15) is 5.82 Å². The first-order valence-electron chi connectivity index (χ1n) is 12.0. The Morgan fingerprint density at radius 2 is 1.94 bits per heavy atom. The van der Waals surface area contributed by atoms with Crippen molar-refractivity contribution in [1.29, 1.82) is 0 Å². The second-order valence-electron chi connectivity index (χ2n) is 9.20. The maximum Gasteiger partial charge on any atom is 0.253 e. The fraction of sp³-hybridized carbons (Fsp3) is 0.462. The number of aromatic nitrogens is 4. The zero-order chi connectivity index (χ0) is 24.8. The number of rotatable bonds is 9. The molecule has 9 nitrogen and oxygen atoms in total. The molecule has 9 heteroatoms. The van der Waals surface area contributed by atoms with Crippen LogP contribution >= 0.6 is 0 Å². The zero-order valence-electron chi connectivity index (χ0n) is 20.9. The van der Waals surface area contributed by atoms with Crippen molar-refractivity contribution in [3.05, 3.63) is 65.5 Å². The lowest BCUT2D eigenvalue weighted by Gasteiger charge is -2.23. The van der Waals surface area contributed by atoms with Crippen LogP contribution in [0.15, 0.2) is 42.7 Å². The lowest BCUT2D eigenvalue weighted by molar-refractivity contribution is 0.0928. The second kappa shape index (κ2) is 11.3. The van der Waals surface area contributed by atoms with Gasteiger partial charge in [0.2, 0.25) is 0 Å². The van der Waals surface area contributed by atoms with Crippen molar-refractivity contribution in [2.24, 2.45) is 5.92 Å². The molecular formula is C26H34N6O3. The number of nitrogens with one attached hydrogen (secondary N) is 1. The SMILES string of the molecule is COc1cccc(CN2CCc3nnc([C@@H](CC(C)C)NC(=O)c4cccnc4)n3CC2)c1OC. The molecule has 0 saturated carbocycles. The molecule has 0 radical (unpaired) electrons. The number of benzene rings is 1. The van der Waals surface area contributed by atoms with E-state index >= 15 is 0 Å².